The van der Waals surface area contributed by atoms with Crippen molar-refractivity contribution in [3.63, 3.8) is 0 Å². The third kappa shape index (κ3) is 7.48. The van der Waals surface area contributed by atoms with Gasteiger partial charge in [0.1, 0.15) is 16.1 Å². The fraction of sp³-hybridized carbons (Fsp3) is 0.393. The Morgan fingerprint density at radius 2 is 1.98 bits per heavy atom. The molecular weight excluding hydrogens is 593 g/mol. The summed E-state index contributed by atoms with van der Waals surface area (Å²) >= 11 is 13.4. The van der Waals surface area contributed by atoms with E-state index in [1.165, 1.54) is 6.07 Å². The highest BCUT2D eigenvalue weighted by Gasteiger charge is 2.31. The lowest BCUT2D eigenvalue weighted by atomic mass is 10.0. The SMILES string of the molecule is C[C@H]1CN([C@@H](C)CO)C(=O)Cc2cc(NS(=O)(=O)c3cccs3)ccc2O[C@@H]1CN(C)Cc1ccc(Cl)c(Cl)c1. The fourth-order valence-electron chi connectivity index (χ4n) is 4.65. The van der Waals surface area contributed by atoms with Crippen LogP contribution in [0, 0.1) is 5.92 Å². The molecule has 0 saturated carbocycles. The second kappa shape index (κ2) is 13.1. The third-order valence-electron chi connectivity index (χ3n) is 6.86. The Kier molecular flexibility index (Phi) is 10.0. The number of ether oxygens (including phenoxy) is 1. The van der Waals surface area contributed by atoms with Crippen molar-refractivity contribution in [1.82, 2.24) is 9.80 Å². The Labute approximate surface area is 249 Å². The van der Waals surface area contributed by atoms with Gasteiger partial charge < -0.3 is 14.7 Å². The zero-order valence-corrected chi connectivity index (χ0v) is 25.7. The number of halogens is 2. The van der Waals surface area contributed by atoms with Crippen LogP contribution in [0.3, 0.4) is 0 Å². The number of hydrogen-bond donors (Lipinski definition) is 2. The second-order valence-corrected chi connectivity index (χ2v) is 13.9. The molecule has 0 aliphatic carbocycles. The minimum atomic E-state index is -3.76. The number of nitrogens with zero attached hydrogens (tertiary/aromatic N) is 2. The average Bonchev–Trinajstić information content (AvgIpc) is 3.46. The van der Waals surface area contributed by atoms with E-state index in [9.17, 15) is 18.3 Å². The molecule has 3 atom stereocenters. The molecule has 0 bridgehead atoms. The van der Waals surface area contributed by atoms with Crippen molar-refractivity contribution < 1.29 is 23.1 Å². The number of nitrogens with one attached hydrogen (secondary N) is 1. The van der Waals surface area contributed by atoms with Crippen LogP contribution >= 0.6 is 34.5 Å². The monoisotopic (exact) mass is 625 g/mol. The van der Waals surface area contributed by atoms with Gasteiger partial charge in [0.25, 0.3) is 10.0 Å². The molecule has 40 heavy (non-hydrogen) atoms. The highest BCUT2D eigenvalue weighted by molar-refractivity contribution is 7.94. The summed E-state index contributed by atoms with van der Waals surface area (Å²) in [5.41, 5.74) is 1.91. The summed E-state index contributed by atoms with van der Waals surface area (Å²) in [6, 6.07) is 13.4. The maximum Gasteiger partial charge on any atom is 0.271 e. The maximum absolute atomic E-state index is 13.4. The number of anilines is 1. The number of benzene rings is 2. The molecule has 1 amide bonds. The summed E-state index contributed by atoms with van der Waals surface area (Å²) in [4.78, 5) is 17.2. The molecule has 12 heteroatoms. The van der Waals surface area contributed by atoms with Crippen LogP contribution in [0.15, 0.2) is 58.1 Å². The summed E-state index contributed by atoms with van der Waals surface area (Å²) < 4.78 is 35.0. The molecule has 0 fully saturated rings. The number of amides is 1. The Morgan fingerprint density at radius 1 is 1.20 bits per heavy atom. The van der Waals surface area contributed by atoms with Gasteiger partial charge in [-0.15, -0.1) is 11.3 Å². The number of sulfonamides is 1. The smallest absolute Gasteiger partial charge is 0.271 e. The van der Waals surface area contributed by atoms with E-state index in [-0.39, 0.29) is 41.2 Å². The van der Waals surface area contributed by atoms with Gasteiger partial charge in [-0.05, 0) is 61.3 Å². The van der Waals surface area contributed by atoms with E-state index in [0.29, 0.717) is 46.7 Å². The van der Waals surface area contributed by atoms with E-state index in [0.717, 1.165) is 16.9 Å². The predicted octanol–water partition coefficient (Wildman–Crippen LogP) is 5.14. The first-order valence-electron chi connectivity index (χ1n) is 12.9. The van der Waals surface area contributed by atoms with E-state index in [2.05, 4.69) is 9.62 Å². The largest absolute Gasteiger partial charge is 0.488 e. The Morgan fingerprint density at radius 3 is 2.65 bits per heavy atom. The molecule has 0 radical (unpaired) electrons. The van der Waals surface area contributed by atoms with Crippen LogP contribution in [0.25, 0.3) is 0 Å². The lowest BCUT2D eigenvalue weighted by molar-refractivity contribution is -0.134. The molecule has 2 aromatic carbocycles. The molecule has 4 rings (SSSR count). The quantitative estimate of drug-likeness (QED) is 0.342. The van der Waals surface area contributed by atoms with Crippen molar-refractivity contribution in [1.29, 1.82) is 0 Å². The molecule has 0 saturated heterocycles. The maximum atomic E-state index is 13.4. The molecule has 2 heterocycles. The van der Waals surface area contributed by atoms with Crippen molar-refractivity contribution in [3.8, 4) is 5.75 Å². The van der Waals surface area contributed by atoms with Gasteiger partial charge in [-0.2, -0.15) is 0 Å². The molecule has 0 spiro atoms. The zero-order chi connectivity index (χ0) is 29.0. The molecule has 3 aromatic rings. The van der Waals surface area contributed by atoms with Gasteiger partial charge in [-0.1, -0.05) is 42.3 Å². The van der Waals surface area contributed by atoms with Gasteiger partial charge in [-0.25, -0.2) is 8.42 Å². The number of carbonyl (C=O) groups excluding carboxylic acids is 1. The van der Waals surface area contributed by atoms with Gasteiger partial charge in [0.2, 0.25) is 5.91 Å². The van der Waals surface area contributed by atoms with Crippen LogP contribution in [0.5, 0.6) is 5.75 Å². The third-order valence-corrected chi connectivity index (χ3v) is 10.4. The molecule has 2 N–H and O–H groups in total. The lowest BCUT2D eigenvalue weighted by Gasteiger charge is -2.34. The number of hydrogen-bond acceptors (Lipinski definition) is 7. The Hall–Kier alpha value is -2.34. The predicted molar refractivity (Wildman–Crippen MR) is 160 cm³/mol. The lowest BCUT2D eigenvalue weighted by Crippen LogP contribution is -2.47. The highest BCUT2D eigenvalue weighted by Crippen LogP contribution is 2.31. The van der Waals surface area contributed by atoms with Gasteiger partial charge in [-0.3, -0.25) is 14.4 Å². The number of aliphatic hydroxyl groups is 1. The van der Waals surface area contributed by atoms with Crippen molar-refractivity contribution >= 4 is 56.2 Å². The molecule has 1 aromatic heterocycles. The highest BCUT2D eigenvalue weighted by atomic mass is 35.5. The first-order valence-corrected chi connectivity index (χ1v) is 16.0. The molecule has 216 valence electrons. The van der Waals surface area contributed by atoms with Crippen molar-refractivity contribution in [3.05, 3.63) is 75.1 Å². The normalized spacial score (nSPS) is 18.9. The van der Waals surface area contributed by atoms with Gasteiger partial charge in [0, 0.05) is 36.8 Å². The van der Waals surface area contributed by atoms with E-state index in [1.54, 1.807) is 47.5 Å². The average molecular weight is 627 g/mol. The fourth-order valence-corrected chi connectivity index (χ4v) is 7.02. The van der Waals surface area contributed by atoms with Crippen LogP contribution < -0.4 is 9.46 Å². The first-order chi connectivity index (χ1) is 19.0. The summed E-state index contributed by atoms with van der Waals surface area (Å²) in [5, 5.41) is 12.6. The zero-order valence-electron chi connectivity index (χ0n) is 22.5. The Balaban J connectivity index is 1.62. The van der Waals surface area contributed by atoms with E-state index >= 15 is 0 Å². The van der Waals surface area contributed by atoms with E-state index in [4.69, 9.17) is 27.9 Å². The number of rotatable bonds is 9. The minimum Gasteiger partial charge on any atom is -0.488 e. The van der Waals surface area contributed by atoms with Crippen LogP contribution in [-0.4, -0.2) is 68.1 Å². The summed E-state index contributed by atoms with van der Waals surface area (Å²) in [5.74, 6) is 0.282. The number of thiophene rings is 1. The van der Waals surface area contributed by atoms with Crippen molar-refractivity contribution in [2.45, 2.75) is 43.2 Å². The molecule has 8 nitrogen and oxygen atoms in total. The number of likely N-dealkylation sites (N-methyl/N-ethyl adjacent to an activating group) is 1. The summed E-state index contributed by atoms with van der Waals surface area (Å²) in [7, 11) is -1.78. The second-order valence-electron chi connectivity index (χ2n) is 10.2. The van der Waals surface area contributed by atoms with Gasteiger partial charge >= 0.3 is 0 Å². The van der Waals surface area contributed by atoms with Crippen LogP contribution in [0.2, 0.25) is 10.0 Å². The topological polar surface area (TPSA) is 99.2 Å². The molecule has 0 unspecified atom stereocenters. The Bertz CT molecular complexity index is 1440. The summed E-state index contributed by atoms with van der Waals surface area (Å²) in [6.45, 7) is 5.21. The van der Waals surface area contributed by atoms with E-state index < -0.39 is 10.0 Å². The minimum absolute atomic E-state index is 0.00674. The number of aliphatic hydroxyl groups excluding tert-OH is 1. The van der Waals surface area contributed by atoms with Crippen molar-refractivity contribution in [2.75, 3.05) is 31.5 Å². The molecular formula is C28H33Cl2N3O5S2. The van der Waals surface area contributed by atoms with Crippen LogP contribution in [-0.2, 0) is 27.8 Å². The van der Waals surface area contributed by atoms with E-state index in [1.807, 2.05) is 26.1 Å². The molecule has 1 aliphatic rings. The van der Waals surface area contributed by atoms with Crippen LogP contribution in [0.1, 0.15) is 25.0 Å². The standard InChI is InChI=1S/C28H33Cl2N3O5S2/c1-18-14-33(19(2)17-34)27(35)13-21-12-22(31-40(36,37)28-5-4-10-39-28)7-9-25(21)38-26(18)16-32(3)15-20-6-8-23(29)24(30)11-20/h4-12,18-19,26,31,34H,13-17H2,1-3H3/t18-,19-,26+/m0/s1. The van der Waals surface area contributed by atoms with Crippen molar-refractivity contribution in [2.24, 2.45) is 5.92 Å². The van der Waals surface area contributed by atoms with Crippen LogP contribution in [0.4, 0.5) is 5.69 Å². The molecule has 1 aliphatic heterocycles. The summed E-state index contributed by atoms with van der Waals surface area (Å²) in [6.07, 6.45) is -0.299. The number of carbonyl (C=O) groups is 1. The van der Waals surface area contributed by atoms with Gasteiger partial charge in [0.05, 0.1) is 29.1 Å². The number of fused-ring (bicyclic) bond motifs is 1. The van der Waals surface area contributed by atoms with Gasteiger partial charge in [0.15, 0.2) is 0 Å². The first kappa shape index (κ1) is 30.6.